The summed E-state index contributed by atoms with van der Waals surface area (Å²) < 4.78 is 5.16. The predicted octanol–water partition coefficient (Wildman–Crippen LogP) is 3.66. The standard InChI is InChI=1S/C10H17ClN2O/c1-4-6-7(3)10-12-9(13-14-10)8(11)5-2/h7-8H,4-6H2,1-3H3. The van der Waals surface area contributed by atoms with Crippen LogP contribution in [-0.2, 0) is 0 Å². The fourth-order valence-electron chi connectivity index (χ4n) is 1.31. The van der Waals surface area contributed by atoms with Crippen molar-refractivity contribution >= 4 is 11.6 Å². The molecule has 2 atom stereocenters. The van der Waals surface area contributed by atoms with Gasteiger partial charge in [0.1, 0.15) is 0 Å². The second kappa shape index (κ2) is 5.35. The average molecular weight is 217 g/mol. The van der Waals surface area contributed by atoms with Crippen molar-refractivity contribution in [2.24, 2.45) is 0 Å². The minimum Gasteiger partial charge on any atom is -0.339 e. The van der Waals surface area contributed by atoms with Gasteiger partial charge in [-0.1, -0.05) is 32.3 Å². The molecule has 0 amide bonds. The summed E-state index contributed by atoms with van der Waals surface area (Å²) in [6, 6.07) is 0. The Kier molecular flexibility index (Phi) is 4.39. The normalized spacial score (nSPS) is 15.4. The first-order valence-corrected chi connectivity index (χ1v) is 5.60. The van der Waals surface area contributed by atoms with E-state index in [2.05, 4.69) is 24.0 Å². The largest absolute Gasteiger partial charge is 0.339 e. The Morgan fingerprint density at radius 2 is 2.14 bits per heavy atom. The number of nitrogens with zero attached hydrogens (tertiary/aromatic N) is 2. The highest BCUT2D eigenvalue weighted by molar-refractivity contribution is 6.20. The van der Waals surface area contributed by atoms with Crippen molar-refractivity contribution in [3.05, 3.63) is 11.7 Å². The van der Waals surface area contributed by atoms with Gasteiger partial charge < -0.3 is 4.52 Å². The molecule has 4 heteroatoms. The van der Waals surface area contributed by atoms with Crippen LogP contribution >= 0.6 is 11.6 Å². The van der Waals surface area contributed by atoms with Crippen molar-refractivity contribution in [2.75, 3.05) is 0 Å². The number of hydrogen-bond acceptors (Lipinski definition) is 3. The number of halogens is 1. The molecule has 0 aliphatic carbocycles. The fourth-order valence-corrected chi connectivity index (χ4v) is 1.40. The molecule has 3 nitrogen and oxygen atoms in total. The minimum absolute atomic E-state index is 0.124. The second-order valence-corrected chi connectivity index (χ2v) is 4.08. The number of alkyl halides is 1. The van der Waals surface area contributed by atoms with Crippen LogP contribution in [0, 0.1) is 0 Å². The highest BCUT2D eigenvalue weighted by Crippen LogP contribution is 2.24. The molecule has 0 aliphatic heterocycles. The topological polar surface area (TPSA) is 38.9 Å². The number of aromatic nitrogens is 2. The van der Waals surface area contributed by atoms with Crippen molar-refractivity contribution < 1.29 is 4.52 Å². The Bertz CT molecular complexity index is 275. The number of hydrogen-bond donors (Lipinski definition) is 0. The Morgan fingerprint density at radius 1 is 1.43 bits per heavy atom. The summed E-state index contributed by atoms with van der Waals surface area (Å²) in [7, 11) is 0. The monoisotopic (exact) mass is 216 g/mol. The van der Waals surface area contributed by atoms with E-state index in [0.717, 1.165) is 19.3 Å². The Morgan fingerprint density at radius 3 is 2.71 bits per heavy atom. The van der Waals surface area contributed by atoms with Crippen LogP contribution in [0.5, 0.6) is 0 Å². The summed E-state index contributed by atoms with van der Waals surface area (Å²) in [5.74, 6) is 1.66. The zero-order valence-corrected chi connectivity index (χ0v) is 9.71. The van der Waals surface area contributed by atoms with Crippen LogP contribution in [0.1, 0.15) is 63.0 Å². The molecule has 0 bridgehead atoms. The van der Waals surface area contributed by atoms with E-state index in [4.69, 9.17) is 16.1 Å². The summed E-state index contributed by atoms with van der Waals surface area (Å²) >= 11 is 6.00. The zero-order valence-electron chi connectivity index (χ0n) is 8.96. The lowest BCUT2D eigenvalue weighted by Crippen LogP contribution is -1.95. The molecule has 2 unspecified atom stereocenters. The highest BCUT2D eigenvalue weighted by atomic mass is 35.5. The molecule has 0 fully saturated rings. The van der Waals surface area contributed by atoms with Gasteiger partial charge in [0.2, 0.25) is 5.89 Å². The van der Waals surface area contributed by atoms with Crippen molar-refractivity contribution in [1.82, 2.24) is 10.1 Å². The molecule has 14 heavy (non-hydrogen) atoms. The smallest absolute Gasteiger partial charge is 0.229 e. The molecular weight excluding hydrogens is 200 g/mol. The van der Waals surface area contributed by atoms with Gasteiger partial charge in [0.15, 0.2) is 5.82 Å². The molecule has 1 heterocycles. The SMILES string of the molecule is CCCC(C)c1nc(C(Cl)CC)no1. The van der Waals surface area contributed by atoms with Gasteiger partial charge in [-0.05, 0) is 12.8 Å². The summed E-state index contributed by atoms with van der Waals surface area (Å²) in [4.78, 5) is 4.29. The van der Waals surface area contributed by atoms with E-state index in [1.165, 1.54) is 0 Å². The van der Waals surface area contributed by atoms with Gasteiger partial charge in [-0.2, -0.15) is 4.98 Å². The van der Waals surface area contributed by atoms with Gasteiger partial charge in [-0.3, -0.25) is 0 Å². The quantitative estimate of drug-likeness (QED) is 0.705. The Labute approximate surface area is 89.8 Å². The first-order valence-electron chi connectivity index (χ1n) is 5.16. The molecule has 0 saturated heterocycles. The lowest BCUT2D eigenvalue weighted by atomic mass is 10.1. The molecular formula is C10H17ClN2O. The van der Waals surface area contributed by atoms with Crippen LogP contribution in [0.2, 0.25) is 0 Å². The Balaban J connectivity index is 2.67. The molecule has 0 N–H and O–H groups in total. The third-order valence-electron chi connectivity index (χ3n) is 2.24. The van der Waals surface area contributed by atoms with Crippen molar-refractivity contribution in [1.29, 1.82) is 0 Å². The lowest BCUT2D eigenvalue weighted by molar-refractivity contribution is 0.348. The van der Waals surface area contributed by atoms with Gasteiger partial charge in [-0.25, -0.2) is 0 Å². The van der Waals surface area contributed by atoms with Gasteiger partial charge in [-0.15, -0.1) is 11.6 Å². The van der Waals surface area contributed by atoms with Crippen LogP contribution in [0.15, 0.2) is 4.52 Å². The van der Waals surface area contributed by atoms with Crippen LogP contribution in [-0.4, -0.2) is 10.1 Å². The zero-order chi connectivity index (χ0) is 10.6. The lowest BCUT2D eigenvalue weighted by Gasteiger charge is -2.02. The third kappa shape index (κ3) is 2.71. The molecule has 0 spiro atoms. The van der Waals surface area contributed by atoms with E-state index in [1.54, 1.807) is 0 Å². The number of rotatable bonds is 5. The van der Waals surface area contributed by atoms with Gasteiger partial charge in [0.25, 0.3) is 0 Å². The molecule has 0 aromatic carbocycles. The van der Waals surface area contributed by atoms with E-state index < -0.39 is 0 Å². The van der Waals surface area contributed by atoms with Crippen LogP contribution in [0.4, 0.5) is 0 Å². The van der Waals surface area contributed by atoms with Crippen molar-refractivity contribution in [3.63, 3.8) is 0 Å². The molecule has 1 rings (SSSR count). The van der Waals surface area contributed by atoms with Gasteiger partial charge >= 0.3 is 0 Å². The van der Waals surface area contributed by atoms with E-state index in [1.807, 2.05) is 6.92 Å². The molecule has 0 radical (unpaired) electrons. The maximum absolute atomic E-state index is 6.00. The fraction of sp³-hybridized carbons (Fsp3) is 0.800. The molecule has 1 aromatic heterocycles. The summed E-state index contributed by atoms with van der Waals surface area (Å²) in [5.41, 5.74) is 0. The van der Waals surface area contributed by atoms with Crippen LogP contribution in [0.25, 0.3) is 0 Å². The maximum Gasteiger partial charge on any atom is 0.229 e. The summed E-state index contributed by atoms with van der Waals surface area (Å²) in [6.45, 7) is 6.24. The van der Waals surface area contributed by atoms with E-state index in [-0.39, 0.29) is 5.38 Å². The van der Waals surface area contributed by atoms with Crippen LogP contribution < -0.4 is 0 Å². The van der Waals surface area contributed by atoms with Gasteiger partial charge in [0.05, 0.1) is 5.38 Å². The molecule has 80 valence electrons. The van der Waals surface area contributed by atoms with Gasteiger partial charge in [0, 0.05) is 5.92 Å². The summed E-state index contributed by atoms with van der Waals surface area (Å²) in [6.07, 6.45) is 3.01. The van der Waals surface area contributed by atoms with E-state index >= 15 is 0 Å². The first-order chi connectivity index (χ1) is 6.69. The van der Waals surface area contributed by atoms with Crippen LogP contribution in [0.3, 0.4) is 0 Å². The first kappa shape index (κ1) is 11.5. The predicted molar refractivity (Wildman–Crippen MR) is 56.5 cm³/mol. The van der Waals surface area contributed by atoms with E-state index in [0.29, 0.717) is 17.6 Å². The van der Waals surface area contributed by atoms with E-state index in [9.17, 15) is 0 Å². The average Bonchev–Trinajstić information content (AvgIpc) is 2.66. The highest BCUT2D eigenvalue weighted by Gasteiger charge is 2.17. The second-order valence-electron chi connectivity index (χ2n) is 3.56. The molecule has 1 aromatic rings. The minimum atomic E-state index is -0.124. The maximum atomic E-state index is 6.00. The summed E-state index contributed by atoms with van der Waals surface area (Å²) in [5, 5.41) is 3.75. The molecule has 0 aliphatic rings. The molecule has 0 saturated carbocycles. The van der Waals surface area contributed by atoms with Crippen molar-refractivity contribution in [3.8, 4) is 0 Å². The Hall–Kier alpha value is -0.570. The third-order valence-corrected chi connectivity index (χ3v) is 2.74. The van der Waals surface area contributed by atoms with Crippen molar-refractivity contribution in [2.45, 2.75) is 51.3 Å².